The van der Waals surface area contributed by atoms with Gasteiger partial charge in [-0.15, -0.1) is 10.2 Å². The van der Waals surface area contributed by atoms with Gasteiger partial charge in [0.15, 0.2) is 11.2 Å². The number of nitrogens with one attached hydrogen (secondary N) is 1. The summed E-state index contributed by atoms with van der Waals surface area (Å²) in [7, 11) is 0. The van der Waals surface area contributed by atoms with Crippen molar-refractivity contribution in [3.05, 3.63) is 80.8 Å². The second-order valence-electron chi connectivity index (χ2n) is 11.9. The van der Waals surface area contributed by atoms with Crippen LogP contribution in [0.25, 0.3) is 33.7 Å². The third-order valence-electron chi connectivity index (χ3n) is 8.59. The van der Waals surface area contributed by atoms with Gasteiger partial charge in [0.2, 0.25) is 5.82 Å². The van der Waals surface area contributed by atoms with E-state index in [4.69, 9.17) is 4.98 Å². The zero-order chi connectivity index (χ0) is 28.6. The van der Waals surface area contributed by atoms with Gasteiger partial charge in [0.1, 0.15) is 5.82 Å². The van der Waals surface area contributed by atoms with Crippen LogP contribution in [0.4, 0.5) is 0 Å². The number of H-pyrrole nitrogens is 1. The molecule has 2 fully saturated rings. The van der Waals surface area contributed by atoms with Crippen LogP contribution >= 0.6 is 0 Å². The molecule has 2 aliphatic rings. The molecule has 10 heteroatoms. The Balaban J connectivity index is 1.29. The standard InChI is InChI=1S/C32H36N8O2/c1-2-3-4-9-27-33-30-28(31(41)40(20-22-12-13-22)32(42)39(30)19-21-10-11-21)38(27)18-23-14-16-24(17-15-23)25-7-5-6-8-26(25)29-34-36-37-35-29/h5-8,14-17,21-22H,2-4,9-13,18-20H2,1H3,(H,34,35,36,37). The second-order valence-corrected chi connectivity index (χ2v) is 11.9. The summed E-state index contributed by atoms with van der Waals surface area (Å²) in [6.07, 6.45) is 8.38. The highest BCUT2D eigenvalue weighted by atomic mass is 16.2. The lowest BCUT2D eigenvalue weighted by atomic mass is 9.98. The molecule has 3 aromatic heterocycles. The summed E-state index contributed by atoms with van der Waals surface area (Å²) in [5, 5.41) is 14.6. The summed E-state index contributed by atoms with van der Waals surface area (Å²) in [6, 6.07) is 16.4. The van der Waals surface area contributed by atoms with E-state index in [9.17, 15) is 9.59 Å². The minimum absolute atomic E-state index is 0.194. The largest absolute Gasteiger partial charge is 0.332 e. The van der Waals surface area contributed by atoms with Crippen LogP contribution < -0.4 is 11.2 Å². The number of aromatic amines is 1. The summed E-state index contributed by atoms with van der Waals surface area (Å²) in [6.45, 7) is 3.85. The molecule has 2 aliphatic carbocycles. The van der Waals surface area contributed by atoms with E-state index in [2.05, 4.69) is 62.4 Å². The maximum atomic E-state index is 14.0. The van der Waals surface area contributed by atoms with E-state index >= 15 is 0 Å². The lowest BCUT2D eigenvalue weighted by molar-refractivity contribution is 0.519. The molecule has 2 aromatic carbocycles. The van der Waals surface area contributed by atoms with Gasteiger partial charge in [-0.25, -0.2) is 9.78 Å². The highest BCUT2D eigenvalue weighted by Crippen LogP contribution is 2.33. The summed E-state index contributed by atoms with van der Waals surface area (Å²) < 4.78 is 5.38. The van der Waals surface area contributed by atoms with Crippen molar-refractivity contribution in [1.82, 2.24) is 39.3 Å². The van der Waals surface area contributed by atoms with Gasteiger partial charge >= 0.3 is 5.69 Å². The molecule has 0 amide bonds. The average Bonchev–Trinajstić information content (AvgIpc) is 3.93. The van der Waals surface area contributed by atoms with E-state index < -0.39 is 0 Å². The van der Waals surface area contributed by atoms with Gasteiger partial charge < -0.3 is 4.57 Å². The Bertz CT molecular complexity index is 1820. The van der Waals surface area contributed by atoms with E-state index in [0.717, 1.165) is 79.4 Å². The Morgan fingerprint density at radius 3 is 2.24 bits per heavy atom. The molecule has 42 heavy (non-hydrogen) atoms. The molecule has 0 atom stereocenters. The Kier molecular flexibility index (Phi) is 7.05. The molecule has 2 saturated carbocycles. The summed E-state index contributed by atoms with van der Waals surface area (Å²) >= 11 is 0. The van der Waals surface area contributed by atoms with Gasteiger partial charge in [0.25, 0.3) is 5.56 Å². The number of hydrogen-bond donors (Lipinski definition) is 1. The van der Waals surface area contributed by atoms with Gasteiger partial charge in [-0.2, -0.15) is 5.21 Å². The minimum Gasteiger partial charge on any atom is -0.318 e. The van der Waals surface area contributed by atoms with Gasteiger partial charge in [0.05, 0.1) is 0 Å². The highest BCUT2D eigenvalue weighted by molar-refractivity contribution is 5.80. The smallest absolute Gasteiger partial charge is 0.318 e. The van der Waals surface area contributed by atoms with E-state index in [1.807, 2.05) is 18.2 Å². The SMILES string of the molecule is CCCCCc1nc2c(c(=O)n(CC3CC3)c(=O)n2CC2CC2)n1Cc1ccc(-c2ccccc2-c2nn[nH]n2)cc1. The van der Waals surface area contributed by atoms with Crippen molar-refractivity contribution in [3.63, 3.8) is 0 Å². The number of aryl methyl sites for hydroxylation is 1. The molecule has 216 valence electrons. The fraction of sp³-hybridized carbons (Fsp3) is 0.438. The lowest BCUT2D eigenvalue weighted by Gasteiger charge is -2.13. The van der Waals surface area contributed by atoms with Crippen LogP contribution in [0.15, 0.2) is 58.1 Å². The Morgan fingerprint density at radius 1 is 0.857 bits per heavy atom. The fourth-order valence-electron chi connectivity index (χ4n) is 5.85. The molecule has 1 N–H and O–H groups in total. The van der Waals surface area contributed by atoms with Gasteiger partial charge in [0, 0.05) is 31.6 Å². The predicted octanol–water partition coefficient (Wildman–Crippen LogP) is 4.81. The monoisotopic (exact) mass is 564 g/mol. The van der Waals surface area contributed by atoms with Crippen LogP contribution in [-0.2, 0) is 26.1 Å². The molecule has 0 spiro atoms. The van der Waals surface area contributed by atoms with Crippen molar-refractivity contribution < 1.29 is 0 Å². The number of rotatable bonds is 12. The van der Waals surface area contributed by atoms with Crippen LogP contribution in [0.3, 0.4) is 0 Å². The highest BCUT2D eigenvalue weighted by Gasteiger charge is 2.30. The van der Waals surface area contributed by atoms with Crippen LogP contribution in [0.2, 0.25) is 0 Å². The maximum Gasteiger partial charge on any atom is 0.332 e. The maximum absolute atomic E-state index is 14.0. The number of tetrazole rings is 1. The van der Waals surface area contributed by atoms with E-state index in [1.54, 1.807) is 4.57 Å². The molecule has 0 saturated heterocycles. The minimum atomic E-state index is -0.200. The summed E-state index contributed by atoms with van der Waals surface area (Å²) in [4.78, 5) is 32.6. The molecule has 5 aromatic rings. The normalized spacial score (nSPS) is 15.1. The topological polar surface area (TPSA) is 116 Å². The van der Waals surface area contributed by atoms with Crippen molar-refractivity contribution in [2.45, 2.75) is 77.9 Å². The van der Waals surface area contributed by atoms with Gasteiger partial charge in [-0.3, -0.25) is 13.9 Å². The van der Waals surface area contributed by atoms with Crippen molar-refractivity contribution in [2.75, 3.05) is 0 Å². The third kappa shape index (κ3) is 5.21. The first-order valence-electron chi connectivity index (χ1n) is 15.3. The Hall–Kier alpha value is -4.34. The number of unbranched alkanes of at least 4 members (excludes halogenated alkanes) is 2. The van der Waals surface area contributed by atoms with Crippen molar-refractivity contribution in [3.8, 4) is 22.5 Å². The molecule has 3 heterocycles. The first kappa shape index (κ1) is 26.6. The molecule has 0 unspecified atom stereocenters. The molecule has 0 aliphatic heterocycles. The van der Waals surface area contributed by atoms with Crippen molar-refractivity contribution >= 4 is 11.2 Å². The van der Waals surface area contributed by atoms with Crippen LogP contribution in [0, 0.1) is 11.8 Å². The van der Waals surface area contributed by atoms with Crippen molar-refractivity contribution in [1.29, 1.82) is 0 Å². The number of nitrogens with zero attached hydrogens (tertiary/aromatic N) is 7. The molecular weight excluding hydrogens is 528 g/mol. The third-order valence-corrected chi connectivity index (χ3v) is 8.59. The Morgan fingerprint density at radius 2 is 1.57 bits per heavy atom. The first-order valence-corrected chi connectivity index (χ1v) is 15.3. The van der Waals surface area contributed by atoms with E-state index in [-0.39, 0.29) is 11.2 Å². The van der Waals surface area contributed by atoms with Crippen molar-refractivity contribution in [2.24, 2.45) is 11.8 Å². The molecule has 7 rings (SSSR count). The fourth-order valence-corrected chi connectivity index (χ4v) is 5.85. The number of aromatic nitrogens is 8. The van der Waals surface area contributed by atoms with Crippen LogP contribution in [0.5, 0.6) is 0 Å². The van der Waals surface area contributed by atoms with Gasteiger partial charge in [-0.1, -0.05) is 68.3 Å². The Labute approximate surface area is 243 Å². The summed E-state index contributed by atoms with van der Waals surface area (Å²) in [5.74, 6) is 2.35. The first-order chi connectivity index (χ1) is 20.6. The predicted molar refractivity (Wildman–Crippen MR) is 161 cm³/mol. The quantitative estimate of drug-likeness (QED) is 0.218. The lowest BCUT2D eigenvalue weighted by Crippen LogP contribution is -2.41. The number of hydrogen-bond acceptors (Lipinski definition) is 6. The van der Waals surface area contributed by atoms with Gasteiger partial charge in [-0.05, 0) is 65.8 Å². The van der Waals surface area contributed by atoms with Crippen LogP contribution in [0.1, 0.15) is 63.3 Å². The number of fused-ring (bicyclic) bond motifs is 1. The number of benzene rings is 2. The van der Waals surface area contributed by atoms with E-state index in [1.165, 1.54) is 4.57 Å². The second kappa shape index (κ2) is 11.2. The molecule has 0 radical (unpaired) electrons. The molecule has 0 bridgehead atoms. The average molecular weight is 565 g/mol. The summed E-state index contributed by atoms with van der Waals surface area (Å²) in [5.41, 5.74) is 4.76. The zero-order valence-electron chi connectivity index (χ0n) is 24.0. The van der Waals surface area contributed by atoms with Crippen LogP contribution in [-0.4, -0.2) is 39.3 Å². The van der Waals surface area contributed by atoms with E-state index in [0.29, 0.717) is 48.5 Å². The number of imidazole rings is 1. The zero-order valence-corrected chi connectivity index (χ0v) is 24.0. The molecule has 10 nitrogen and oxygen atoms in total. The molecular formula is C32H36N8O2.